The van der Waals surface area contributed by atoms with Crippen molar-refractivity contribution in [3.05, 3.63) is 59.1 Å². The van der Waals surface area contributed by atoms with Gasteiger partial charge in [-0.15, -0.1) is 0 Å². The smallest absolute Gasteiger partial charge is 0.255 e. The Balaban J connectivity index is 1.56. The Morgan fingerprint density at radius 2 is 1.61 bits per heavy atom. The van der Waals surface area contributed by atoms with Gasteiger partial charge in [-0.2, -0.15) is 0 Å². The lowest BCUT2D eigenvalue weighted by Crippen LogP contribution is -2.41. The second kappa shape index (κ2) is 8.89. The van der Waals surface area contributed by atoms with E-state index in [2.05, 4.69) is 10.6 Å². The van der Waals surface area contributed by atoms with Gasteiger partial charge in [-0.05, 0) is 43.2 Å². The molecule has 146 valence electrons. The van der Waals surface area contributed by atoms with Crippen molar-refractivity contribution in [1.82, 2.24) is 4.90 Å². The molecule has 7 heteroatoms. The van der Waals surface area contributed by atoms with Gasteiger partial charge in [-0.1, -0.05) is 29.8 Å². The number of carbonyl (C=O) groups is 3. The Bertz CT molecular complexity index is 892. The minimum atomic E-state index is -0.168. The highest BCUT2D eigenvalue weighted by Gasteiger charge is 2.28. The van der Waals surface area contributed by atoms with Crippen molar-refractivity contribution in [2.24, 2.45) is 5.92 Å². The van der Waals surface area contributed by atoms with Gasteiger partial charge < -0.3 is 15.5 Å². The molecule has 0 spiro atoms. The maximum Gasteiger partial charge on any atom is 0.255 e. The molecule has 28 heavy (non-hydrogen) atoms. The van der Waals surface area contributed by atoms with Crippen LogP contribution in [0, 0.1) is 5.92 Å². The SMILES string of the molecule is CC(=O)Nc1cccc(NC(=O)C2CCN(C(=O)c3ccccc3Cl)CC2)c1. The van der Waals surface area contributed by atoms with E-state index < -0.39 is 0 Å². The predicted octanol–water partition coefficient (Wildman–Crippen LogP) is 3.79. The maximum atomic E-state index is 12.6. The van der Waals surface area contributed by atoms with E-state index in [0.29, 0.717) is 47.9 Å². The van der Waals surface area contributed by atoms with E-state index in [4.69, 9.17) is 11.6 Å². The highest BCUT2D eigenvalue weighted by atomic mass is 35.5. The topological polar surface area (TPSA) is 78.5 Å². The molecule has 2 N–H and O–H groups in total. The Kier molecular flexibility index (Phi) is 6.31. The zero-order chi connectivity index (χ0) is 20.1. The van der Waals surface area contributed by atoms with E-state index in [9.17, 15) is 14.4 Å². The van der Waals surface area contributed by atoms with Gasteiger partial charge in [0.05, 0.1) is 10.6 Å². The van der Waals surface area contributed by atoms with Crippen molar-refractivity contribution in [2.45, 2.75) is 19.8 Å². The summed E-state index contributed by atoms with van der Waals surface area (Å²) in [6.45, 7) is 2.45. The highest BCUT2D eigenvalue weighted by molar-refractivity contribution is 6.33. The summed E-state index contributed by atoms with van der Waals surface area (Å²) < 4.78 is 0. The first-order valence-electron chi connectivity index (χ1n) is 9.16. The predicted molar refractivity (Wildman–Crippen MR) is 109 cm³/mol. The minimum absolute atomic E-state index is 0.0789. The first-order valence-corrected chi connectivity index (χ1v) is 9.54. The van der Waals surface area contributed by atoms with Gasteiger partial charge >= 0.3 is 0 Å². The van der Waals surface area contributed by atoms with Crippen LogP contribution >= 0.6 is 11.6 Å². The summed E-state index contributed by atoms with van der Waals surface area (Å²) in [5.74, 6) is -0.518. The van der Waals surface area contributed by atoms with E-state index in [1.807, 2.05) is 0 Å². The van der Waals surface area contributed by atoms with Gasteiger partial charge in [0.1, 0.15) is 0 Å². The highest BCUT2D eigenvalue weighted by Crippen LogP contribution is 2.24. The van der Waals surface area contributed by atoms with Crippen LogP contribution in [0.4, 0.5) is 11.4 Å². The monoisotopic (exact) mass is 399 g/mol. The molecule has 2 aromatic carbocycles. The summed E-state index contributed by atoms with van der Waals surface area (Å²) in [4.78, 5) is 38.1. The molecule has 0 aromatic heterocycles. The zero-order valence-electron chi connectivity index (χ0n) is 15.6. The molecule has 0 unspecified atom stereocenters. The van der Waals surface area contributed by atoms with Gasteiger partial charge in [0, 0.05) is 37.3 Å². The quantitative estimate of drug-likeness (QED) is 0.820. The van der Waals surface area contributed by atoms with Crippen LogP contribution in [0.25, 0.3) is 0 Å². The van der Waals surface area contributed by atoms with E-state index in [1.54, 1.807) is 53.4 Å². The fraction of sp³-hybridized carbons (Fsp3) is 0.286. The van der Waals surface area contributed by atoms with Crippen molar-refractivity contribution in [3.8, 4) is 0 Å². The zero-order valence-corrected chi connectivity index (χ0v) is 16.3. The number of benzene rings is 2. The second-order valence-electron chi connectivity index (χ2n) is 6.80. The van der Waals surface area contributed by atoms with Crippen molar-refractivity contribution in [1.29, 1.82) is 0 Å². The molecule has 0 bridgehead atoms. The maximum absolute atomic E-state index is 12.6. The van der Waals surface area contributed by atoms with Crippen molar-refractivity contribution in [2.75, 3.05) is 23.7 Å². The number of anilines is 2. The van der Waals surface area contributed by atoms with Crippen molar-refractivity contribution >= 4 is 40.7 Å². The van der Waals surface area contributed by atoms with Crippen LogP contribution in [0.2, 0.25) is 5.02 Å². The first-order chi connectivity index (χ1) is 13.4. The van der Waals surface area contributed by atoms with Gasteiger partial charge in [0.15, 0.2) is 0 Å². The minimum Gasteiger partial charge on any atom is -0.339 e. The molecule has 0 atom stereocenters. The van der Waals surface area contributed by atoms with Gasteiger partial charge in [0.25, 0.3) is 5.91 Å². The number of nitrogens with one attached hydrogen (secondary N) is 2. The molecule has 3 amide bonds. The number of hydrogen-bond acceptors (Lipinski definition) is 3. The summed E-state index contributed by atoms with van der Waals surface area (Å²) >= 11 is 6.11. The van der Waals surface area contributed by atoms with E-state index in [-0.39, 0.29) is 23.6 Å². The number of likely N-dealkylation sites (tertiary alicyclic amines) is 1. The van der Waals surface area contributed by atoms with Gasteiger partial charge in [0.2, 0.25) is 11.8 Å². The molecule has 0 saturated carbocycles. The Morgan fingerprint density at radius 1 is 0.964 bits per heavy atom. The molecule has 1 aliphatic rings. The number of rotatable bonds is 4. The standard InChI is InChI=1S/C21H22ClN3O3/c1-14(26)23-16-5-4-6-17(13-16)24-20(27)15-9-11-25(12-10-15)21(28)18-7-2-3-8-19(18)22/h2-8,13,15H,9-12H2,1H3,(H,23,26)(H,24,27). The lowest BCUT2D eigenvalue weighted by Gasteiger charge is -2.31. The molecule has 1 saturated heterocycles. The Morgan fingerprint density at radius 3 is 2.25 bits per heavy atom. The summed E-state index contributed by atoms with van der Waals surface area (Å²) in [6, 6.07) is 14.0. The molecule has 1 heterocycles. The Labute approximate surface area is 168 Å². The van der Waals surface area contributed by atoms with Crippen LogP contribution in [-0.2, 0) is 9.59 Å². The fourth-order valence-corrected chi connectivity index (χ4v) is 3.49. The number of piperidine rings is 1. The van der Waals surface area contributed by atoms with Gasteiger partial charge in [-0.25, -0.2) is 0 Å². The van der Waals surface area contributed by atoms with Crippen LogP contribution in [0.3, 0.4) is 0 Å². The third-order valence-electron chi connectivity index (χ3n) is 4.71. The largest absolute Gasteiger partial charge is 0.339 e. The molecule has 3 rings (SSSR count). The molecular weight excluding hydrogens is 378 g/mol. The van der Waals surface area contributed by atoms with Gasteiger partial charge in [-0.3, -0.25) is 14.4 Å². The Hall–Kier alpha value is -2.86. The van der Waals surface area contributed by atoms with E-state index in [1.165, 1.54) is 6.92 Å². The molecular formula is C21H22ClN3O3. The van der Waals surface area contributed by atoms with Crippen LogP contribution < -0.4 is 10.6 Å². The van der Waals surface area contributed by atoms with Crippen LogP contribution in [0.15, 0.2) is 48.5 Å². The molecule has 1 fully saturated rings. The summed E-state index contributed by atoms with van der Waals surface area (Å²) in [7, 11) is 0. The number of amides is 3. The third kappa shape index (κ3) is 4.89. The van der Waals surface area contributed by atoms with Crippen LogP contribution in [0.1, 0.15) is 30.1 Å². The molecule has 1 aliphatic heterocycles. The molecule has 2 aromatic rings. The number of halogens is 1. The first kappa shape index (κ1) is 19.9. The van der Waals surface area contributed by atoms with Crippen LogP contribution in [-0.4, -0.2) is 35.7 Å². The summed E-state index contributed by atoms with van der Waals surface area (Å²) in [5, 5.41) is 6.02. The fourth-order valence-electron chi connectivity index (χ4n) is 3.27. The average molecular weight is 400 g/mol. The lowest BCUT2D eigenvalue weighted by molar-refractivity contribution is -0.121. The van der Waals surface area contributed by atoms with Crippen molar-refractivity contribution < 1.29 is 14.4 Å². The summed E-state index contributed by atoms with van der Waals surface area (Å²) in [6.07, 6.45) is 1.18. The number of hydrogen-bond donors (Lipinski definition) is 2. The summed E-state index contributed by atoms with van der Waals surface area (Å²) in [5.41, 5.74) is 1.75. The normalized spacial score (nSPS) is 14.4. The molecule has 0 aliphatic carbocycles. The average Bonchev–Trinajstić information content (AvgIpc) is 2.68. The molecule has 0 radical (unpaired) electrons. The van der Waals surface area contributed by atoms with Crippen LogP contribution in [0.5, 0.6) is 0 Å². The molecule has 6 nitrogen and oxygen atoms in total. The van der Waals surface area contributed by atoms with Crippen molar-refractivity contribution in [3.63, 3.8) is 0 Å². The van der Waals surface area contributed by atoms with E-state index in [0.717, 1.165) is 0 Å². The second-order valence-corrected chi connectivity index (χ2v) is 7.20. The number of nitrogens with zero attached hydrogens (tertiary/aromatic N) is 1. The van der Waals surface area contributed by atoms with E-state index >= 15 is 0 Å². The lowest BCUT2D eigenvalue weighted by atomic mass is 9.95. The number of carbonyl (C=O) groups excluding carboxylic acids is 3. The third-order valence-corrected chi connectivity index (χ3v) is 5.04.